The molecule has 1 aromatic heterocycles. The standard InChI is InChI=1S/C24H20ClN5O2S/c25-18-8-5-16(6-9-18)24(32)30-13-11-29(12-14-30)22-4-2-1-3-20(22)26-23(31)17-7-10-19-21(15-17)28-33-27-19/h1-10,15H,11-14H2,(H,26,31). The Morgan fingerprint density at radius 3 is 2.33 bits per heavy atom. The molecule has 0 bridgehead atoms. The minimum atomic E-state index is -0.200. The van der Waals surface area contributed by atoms with E-state index in [0.29, 0.717) is 47.8 Å². The molecule has 0 unspecified atom stereocenters. The molecule has 33 heavy (non-hydrogen) atoms. The van der Waals surface area contributed by atoms with Crippen LogP contribution in [0.25, 0.3) is 11.0 Å². The maximum Gasteiger partial charge on any atom is 0.255 e. The molecule has 1 N–H and O–H groups in total. The highest BCUT2D eigenvalue weighted by Gasteiger charge is 2.24. The fourth-order valence-corrected chi connectivity index (χ4v) is 4.54. The summed E-state index contributed by atoms with van der Waals surface area (Å²) in [6.07, 6.45) is 0. The first-order valence-corrected chi connectivity index (χ1v) is 11.6. The lowest BCUT2D eigenvalue weighted by Crippen LogP contribution is -2.49. The number of carbonyl (C=O) groups excluding carboxylic acids is 2. The number of amides is 2. The molecular formula is C24H20ClN5O2S. The number of anilines is 2. The van der Waals surface area contributed by atoms with Crippen molar-refractivity contribution in [3.63, 3.8) is 0 Å². The van der Waals surface area contributed by atoms with Crippen molar-refractivity contribution in [1.29, 1.82) is 0 Å². The zero-order valence-electron chi connectivity index (χ0n) is 17.6. The summed E-state index contributed by atoms with van der Waals surface area (Å²) in [5.74, 6) is -0.200. The molecule has 7 nitrogen and oxygen atoms in total. The van der Waals surface area contributed by atoms with Gasteiger partial charge in [-0.25, -0.2) is 0 Å². The molecular weight excluding hydrogens is 458 g/mol. The number of hydrogen-bond acceptors (Lipinski definition) is 6. The van der Waals surface area contributed by atoms with Crippen LogP contribution in [0, 0.1) is 0 Å². The second kappa shape index (κ2) is 9.17. The van der Waals surface area contributed by atoms with Crippen molar-refractivity contribution in [2.24, 2.45) is 0 Å². The fourth-order valence-electron chi connectivity index (χ4n) is 3.90. The van der Waals surface area contributed by atoms with Crippen molar-refractivity contribution >= 4 is 57.6 Å². The number of nitrogens with zero attached hydrogens (tertiary/aromatic N) is 4. The lowest BCUT2D eigenvalue weighted by molar-refractivity contribution is 0.0746. The first-order valence-electron chi connectivity index (χ1n) is 10.5. The number of piperazine rings is 1. The van der Waals surface area contributed by atoms with E-state index in [9.17, 15) is 9.59 Å². The van der Waals surface area contributed by atoms with Gasteiger partial charge < -0.3 is 15.1 Å². The molecule has 0 radical (unpaired) electrons. The molecule has 1 aliphatic heterocycles. The molecule has 0 atom stereocenters. The third-order valence-corrected chi connectivity index (χ3v) is 6.48. The van der Waals surface area contributed by atoms with Crippen molar-refractivity contribution < 1.29 is 9.59 Å². The highest BCUT2D eigenvalue weighted by Crippen LogP contribution is 2.28. The Labute approximate surface area is 199 Å². The van der Waals surface area contributed by atoms with E-state index in [1.54, 1.807) is 42.5 Å². The van der Waals surface area contributed by atoms with E-state index in [1.165, 1.54) is 0 Å². The van der Waals surface area contributed by atoms with Crippen LogP contribution >= 0.6 is 23.3 Å². The van der Waals surface area contributed by atoms with Gasteiger partial charge in [-0.05, 0) is 54.6 Å². The summed E-state index contributed by atoms with van der Waals surface area (Å²) < 4.78 is 8.39. The second-order valence-corrected chi connectivity index (χ2v) is 8.69. The largest absolute Gasteiger partial charge is 0.366 e. The van der Waals surface area contributed by atoms with Crippen molar-refractivity contribution in [3.05, 3.63) is 82.9 Å². The summed E-state index contributed by atoms with van der Waals surface area (Å²) in [5, 5.41) is 3.64. The molecule has 0 spiro atoms. The Bertz CT molecular complexity index is 1320. The van der Waals surface area contributed by atoms with E-state index < -0.39 is 0 Å². The number of halogens is 1. The minimum absolute atomic E-state index is 0.000161. The summed E-state index contributed by atoms with van der Waals surface area (Å²) in [6.45, 7) is 2.53. The monoisotopic (exact) mass is 477 g/mol. The molecule has 166 valence electrons. The topological polar surface area (TPSA) is 78.4 Å². The zero-order valence-corrected chi connectivity index (χ0v) is 19.1. The van der Waals surface area contributed by atoms with Crippen LogP contribution in [0.4, 0.5) is 11.4 Å². The summed E-state index contributed by atoms with van der Waals surface area (Å²) in [4.78, 5) is 29.7. The number of aromatic nitrogens is 2. The van der Waals surface area contributed by atoms with Gasteiger partial charge in [-0.15, -0.1) is 0 Å². The molecule has 9 heteroatoms. The van der Waals surface area contributed by atoms with Crippen molar-refractivity contribution in [2.75, 3.05) is 36.4 Å². The molecule has 3 aromatic carbocycles. The summed E-state index contributed by atoms with van der Waals surface area (Å²) in [6, 6.07) is 20.0. The molecule has 4 aromatic rings. The van der Waals surface area contributed by atoms with Crippen LogP contribution < -0.4 is 10.2 Å². The van der Waals surface area contributed by atoms with Crippen molar-refractivity contribution in [1.82, 2.24) is 13.6 Å². The Kier molecular flexibility index (Phi) is 5.93. The Balaban J connectivity index is 1.27. The van der Waals surface area contributed by atoms with Gasteiger partial charge >= 0.3 is 0 Å². The van der Waals surface area contributed by atoms with E-state index in [2.05, 4.69) is 19.0 Å². The van der Waals surface area contributed by atoms with Gasteiger partial charge in [0.2, 0.25) is 0 Å². The van der Waals surface area contributed by atoms with E-state index in [4.69, 9.17) is 11.6 Å². The number of fused-ring (bicyclic) bond motifs is 1. The van der Waals surface area contributed by atoms with E-state index in [0.717, 1.165) is 28.6 Å². The lowest BCUT2D eigenvalue weighted by atomic mass is 10.1. The van der Waals surface area contributed by atoms with Crippen LogP contribution in [0.2, 0.25) is 5.02 Å². The van der Waals surface area contributed by atoms with Gasteiger partial charge in [0.25, 0.3) is 11.8 Å². The Morgan fingerprint density at radius 1 is 0.848 bits per heavy atom. The molecule has 1 saturated heterocycles. The van der Waals surface area contributed by atoms with Crippen LogP contribution in [-0.2, 0) is 0 Å². The Morgan fingerprint density at radius 2 is 1.55 bits per heavy atom. The molecule has 0 aliphatic carbocycles. The third kappa shape index (κ3) is 4.53. The van der Waals surface area contributed by atoms with E-state index >= 15 is 0 Å². The smallest absolute Gasteiger partial charge is 0.255 e. The molecule has 1 fully saturated rings. The van der Waals surface area contributed by atoms with Gasteiger partial charge in [-0.3, -0.25) is 9.59 Å². The first-order chi connectivity index (χ1) is 16.1. The zero-order chi connectivity index (χ0) is 22.8. The average molecular weight is 478 g/mol. The average Bonchev–Trinajstić information content (AvgIpc) is 3.33. The quantitative estimate of drug-likeness (QED) is 0.466. The Hall–Kier alpha value is -3.49. The summed E-state index contributed by atoms with van der Waals surface area (Å²) >= 11 is 7.06. The minimum Gasteiger partial charge on any atom is -0.366 e. The van der Waals surface area contributed by atoms with Gasteiger partial charge in [0.1, 0.15) is 11.0 Å². The van der Waals surface area contributed by atoms with Crippen molar-refractivity contribution in [2.45, 2.75) is 0 Å². The third-order valence-electron chi connectivity index (χ3n) is 5.67. The predicted molar refractivity (Wildman–Crippen MR) is 131 cm³/mol. The van der Waals surface area contributed by atoms with Crippen LogP contribution in [0.3, 0.4) is 0 Å². The van der Waals surface area contributed by atoms with Gasteiger partial charge in [0, 0.05) is 42.3 Å². The number of rotatable bonds is 4. The molecule has 1 aliphatic rings. The molecule has 5 rings (SSSR count). The number of benzene rings is 3. The maximum atomic E-state index is 12.9. The highest BCUT2D eigenvalue weighted by atomic mass is 35.5. The van der Waals surface area contributed by atoms with Gasteiger partial charge in [0.15, 0.2) is 0 Å². The van der Waals surface area contributed by atoms with E-state index in [1.807, 2.05) is 29.2 Å². The summed E-state index contributed by atoms with van der Waals surface area (Å²) in [7, 11) is 0. The van der Waals surface area contributed by atoms with Gasteiger partial charge in [0.05, 0.1) is 23.1 Å². The van der Waals surface area contributed by atoms with E-state index in [-0.39, 0.29) is 11.8 Å². The summed E-state index contributed by atoms with van der Waals surface area (Å²) in [5.41, 5.74) is 4.32. The van der Waals surface area contributed by atoms with Crippen LogP contribution in [-0.4, -0.2) is 51.6 Å². The second-order valence-electron chi connectivity index (χ2n) is 7.73. The van der Waals surface area contributed by atoms with Crippen molar-refractivity contribution in [3.8, 4) is 0 Å². The first kappa shape index (κ1) is 21.4. The normalized spacial score (nSPS) is 13.8. The number of nitrogens with one attached hydrogen (secondary N) is 1. The molecule has 0 saturated carbocycles. The molecule has 2 amide bonds. The lowest BCUT2D eigenvalue weighted by Gasteiger charge is -2.37. The number of para-hydroxylation sites is 2. The number of hydrogen-bond donors (Lipinski definition) is 1. The van der Waals surface area contributed by atoms with Crippen LogP contribution in [0.15, 0.2) is 66.7 Å². The van der Waals surface area contributed by atoms with Crippen LogP contribution in [0.1, 0.15) is 20.7 Å². The highest BCUT2D eigenvalue weighted by molar-refractivity contribution is 7.00. The maximum absolute atomic E-state index is 12.9. The molecule has 2 heterocycles. The fraction of sp³-hybridized carbons (Fsp3) is 0.167. The number of carbonyl (C=O) groups is 2. The van der Waals surface area contributed by atoms with Gasteiger partial charge in [-0.2, -0.15) is 8.75 Å². The SMILES string of the molecule is O=C(Nc1ccccc1N1CCN(C(=O)c2ccc(Cl)cc2)CC1)c1ccc2nsnc2c1. The van der Waals surface area contributed by atoms with Crippen LogP contribution in [0.5, 0.6) is 0 Å². The predicted octanol–water partition coefficient (Wildman–Crippen LogP) is 4.56. The van der Waals surface area contributed by atoms with Gasteiger partial charge in [-0.1, -0.05) is 23.7 Å².